The van der Waals surface area contributed by atoms with Crippen LogP contribution in [0.4, 0.5) is 0 Å². The summed E-state index contributed by atoms with van der Waals surface area (Å²) in [6, 6.07) is 5.40. The van der Waals surface area contributed by atoms with Crippen molar-refractivity contribution in [3.8, 4) is 0 Å². The number of aryl methyl sites for hydroxylation is 2. The molecule has 0 aliphatic carbocycles. The van der Waals surface area contributed by atoms with E-state index in [1.54, 1.807) is 12.3 Å². The molecular weight excluding hydrogens is 363 g/mol. The number of hydrogen-bond acceptors (Lipinski definition) is 2. The molecule has 0 atom stereocenters. The first kappa shape index (κ1) is 13.5. The second-order valence-corrected chi connectivity index (χ2v) is 5.58. The van der Waals surface area contributed by atoms with Gasteiger partial charge in [0, 0.05) is 41.4 Å². The maximum absolute atomic E-state index is 12.0. The minimum Gasteiger partial charge on any atom is -0.338 e. The van der Waals surface area contributed by atoms with Crippen LogP contribution >= 0.6 is 34.2 Å². The number of hydrogen-bond donors (Lipinski definition) is 0. The summed E-state index contributed by atoms with van der Waals surface area (Å²) in [6.07, 6.45) is 4.71. The molecule has 0 unspecified atom stereocenters. The van der Waals surface area contributed by atoms with E-state index in [2.05, 4.69) is 27.6 Å². The second-order valence-electron chi connectivity index (χ2n) is 4.01. The molecule has 0 spiro atoms. The van der Waals surface area contributed by atoms with Crippen molar-refractivity contribution in [2.24, 2.45) is 7.05 Å². The second kappa shape index (κ2) is 5.84. The zero-order chi connectivity index (χ0) is 13.1. The monoisotopic (exact) mass is 374 g/mol. The number of aromatic nitrogens is 2. The Morgan fingerprint density at radius 1 is 1.50 bits per heavy atom. The van der Waals surface area contributed by atoms with E-state index >= 15 is 0 Å². The highest BCUT2D eigenvalue weighted by Gasteiger charge is 2.09. The number of rotatable bonds is 4. The standard InChI is InChI=1S/C13H12ClIN2O/c1-17-7-6-16-13(17)5-4-12(18)9-2-3-11(15)10(14)8-9/h2-3,6-8H,4-5H2,1H3. The first-order valence-electron chi connectivity index (χ1n) is 5.52. The van der Waals surface area contributed by atoms with Crippen LogP contribution in [0.2, 0.25) is 5.02 Å². The van der Waals surface area contributed by atoms with Crippen molar-refractivity contribution < 1.29 is 4.79 Å². The molecular formula is C13H12ClIN2O. The van der Waals surface area contributed by atoms with Gasteiger partial charge in [-0.25, -0.2) is 4.98 Å². The Morgan fingerprint density at radius 3 is 2.89 bits per heavy atom. The van der Waals surface area contributed by atoms with Gasteiger partial charge in [-0.15, -0.1) is 0 Å². The van der Waals surface area contributed by atoms with Crippen LogP contribution in [0, 0.1) is 3.57 Å². The lowest BCUT2D eigenvalue weighted by Crippen LogP contribution is -2.05. The number of Topliss-reactive ketones (excluding diaryl/α,β-unsaturated/α-hetero) is 1. The van der Waals surface area contributed by atoms with Gasteiger partial charge in [-0.2, -0.15) is 0 Å². The third-order valence-corrected chi connectivity index (χ3v) is 4.31. The van der Waals surface area contributed by atoms with Crippen LogP contribution in [0.3, 0.4) is 0 Å². The molecule has 94 valence electrons. The summed E-state index contributed by atoms with van der Waals surface area (Å²) in [7, 11) is 1.93. The van der Waals surface area contributed by atoms with Crippen LogP contribution in [0.1, 0.15) is 22.6 Å². The zero-order valence-corrected chi connectivity index (χ0v) is 12.8. The van der Waals surface area contributed by atoms with E-state index in [-0.39, 0.29) is 5.78 Å². The first-order valence-corrected chi connectivity index (χ1v) is 6.98. The maximum atomic E-state index is 12.0. The topological polar surface area (TPSA) is 34.9 Å². The van der Waals surface area contributed by atoms with Crippen LogP contribution in [0.25, 0.3) is 0 Å². The van der Waals surface area contributed by atoms with Gasteiger partial charge in [0.1, 0.15) is 5.82 Å². The highest BCUT2D eigenvalue weighted by Crippen LogP contribution is 2.20. The largest absolute Gasteiger partial charge is 0.338 e. The van der Waals surface area contributed by atoms with Crippen molar-refractivity contribution >= 4 is 40.0 Å². The Hall–Kier alpha value is -0.880. The third kappa shape index (κ3) is 3.11. The van der Waals surface area contributed by atoms with Gasteiger partial charge in [-0.1, -0.05) is 17.7 Å². The van der Waals surface area contributed by atoms with Gasteiger partial charge < -0.3 is 4.57 Å². The molecule has 0 fully saturated rings. The molecule has 0 radical (unpaired) electrons. The van der Waals surface area contributed by atoms with Gasteiger partial charge in [0.2, 0.25) is 0 Å². The average Bonchev–Trinajstić information content (AvgIpc) is 2.75. The number of ketones is 1. The molecule has 1 aromatic carbocycles. The Bertz CT molecular complexity index is 580. The van der Waals surface area contributed by atoms with Crippen LogP contribution in [0.5, 0.6) is 0 Å². The Labute approximate surface area is 124 Å². The smallest absolute Gasteiger partial charge is 0.163 e. The molecule has 18 heavy (non-hydrogen) atoms. The van der Waals surface area contributed by atoms with Gasteiger partial charge in [0.25, 0.3) is 0 Å². The van der Waals surface area contributed by atoms with Gasteiger partial charge in [0.05, 0.1) is 5.02 Å². The average molecular weight is 375 g/mol. The molecule has 0 saturated carbocycles. The normalized spacial score (nSPS) is 10.6. The number of carbonyl (C=O) groups excluding carboxylic acids is 1. The van der Waals surface area contributed by atoms with E-state index < -0.39 is 0 Å². The quantitative estimate of drug-likeness (QED) is 0.606. The number of benzene rings is 1. The summed E-state index contributed by atoms with van der Waals surface area (Å²) in [5, 5.41) is 0.624. The number of halogens is 2. The first-order chi connectivity index (χ1) is 8.58. The van der Waals surface area contributed by atoms with Gasteiger partial charge in [-0.05, 0) is 34.7 Å². The van der Waals surface area contributed by atoms with Crippen LogP contribution in [-0.4, -0.2) is 15.3 Å². The maximum Gasteiger partial charge on any atom is 0.163 e. The lowest BCUT2D eigenvalue weighted by atomic mass is 10.1. The number of imidazole rings is 1. The summed E-state index contributed by atoms with van der Waals surface area (Å²) in [5.74, 6) is 1.01. The molecule has 1 heterocycles. The molecule has 0 N–H and O–H groups in total. The van der Waals surface area contributed by atoms with Gasteiger partial charge >= 0.3 is 0 Å². The Morgan fingerprint density at radius 2 is 2.28 bits per heavy atom. The molecule has 3 nitrogen and oxygen atoms in total. The van der Waals surface area contributed by atoms with E-state index in [0.29, 0.717) is 23.4 Å². The lowest BCUT2D eigenvalue weighted by molar-refractivity contribution is 0.0982. The van der Waals surface area contributed by atoms with E-state index in [1.807, 2.05) is 29.9 Å². The van der Waals surface area contributed by atoms with E-state index in [1.165, 1.54) is 0 Å². The van der Waals surface area contributed by atoms with Crippen molar-refractivity contribution in [3.05, 3.63) is 50.6 Å². The van der Waals surface area contributed by atoms with Crippen molar-refractivity contribution in [2.45, 2.75) is 12.8 Å². The van der Waals surface area contributed by atoms with Crippen molar-refractivity contribution in [1.29, 1.82) is 0 Å². The van der Waals surface area contributed by atoms with Crippen LogP contribution in [0.15, 0.2) is 30.6 Å². The third-order valence-electron chi connectivity index (χ3n) is 2.74. The Kier molecular flexibility index (Phi) is 4.40. The zero-order valence-electron chi connectivity index (χ0n) is 9.86. The fraction of sp³-hybridized carbons (Fsp3) is 0.231. The highest BCUT2D eigenvalue weighted by molar-refractivity contribution is 14.1. The lowest BCUT2D eigenvalue weighted by Gasteiger charge is -2.03. The number of carbonyl (C=O) groups is 1. The van der Waals surface area contributed by atoms with Gasteiger partial charge in [0.15, 0.2) is 5.78 Å². The molecule has 0 saturated heterocycles. The minimum atomic E-state index is 0.0938. The molecule has 0 bridgehead atoms. The Balaban J connectivity index is 2.04. The summed E-state index contributed by atoms with van der Waals surface area (Å²) in [5.41, 5.74) is 0.662. The minimum absolute atomic E-state index is 0.0938. The molecule has 2 aromatic rings. The summed E-state index contributed by atoms with van der Waals surface area (Å²) >= 11 is 8.15. The SMILES string of the molecule is Cn1ccnc1CCC(=O)c1ccc(I)c(Cl)c1. The van der Waals surface area contributed by atoms with Crippen LogP contribution in [-0.2, 0) is 13.5 Å². The van der Waals surface area contributed by atoms with Crippen molar-refractivity contribution in [1.82, 2.24) is 9.55 Å². The fourth-order valence-electron chi connectivity index (χ4n) is 1.68. The van der Waals surface area contributed by atoms with E-state index in [4.69, 9.17) is 11.6 Å². The number of nitrogens with zero attached hydrogens (tertiary/aromatic N) is 2. The van der Waals surface area contributed by atoms with E-state index in [0.717, 1.165) is 9.39 Å². The van der Waals surface area contributed by atoms with Gasteiger partial charge in [-0.3, -0.25) is 4.79 Å². The predicted molar refractivity (Wildman–Crippen MR) is 80.0 cm³/mol. The molecule has 0 aliphatic rings. The summed E-state index contributed by atoms with van der Waals surface area (Å²) in [6.45, 7) is 0. The molecule has 5 heteroatoms. The summed E-state index contributed by atoms with van der Waals surface area (Å²) in [4.78, 5) is 16.2. The fourth-order valence-corrected chi connectivity index (χ4v) is 2.19. The van der Waals surface area contributed by atoms with Crippen molar-refractivity contribution in [3.63, 3.8) is 0 Å². The predicted octanol–water partition coefficient (Wildman–Crippen LogP) is 3.49. The molecule has 1 aromatic heterocycles. The van der Waals surface area contributed by atoms with E-state index in [9.17, 15) is 4.79 Å². The van der Waals surface area contributed by atoms with Crippen molar-refractivity contribution in [2.75, 3.05) is 0 Å². The molecule has 2 rings (SSSR count). The summed E-state index contributed by atoms with van der Waals surface area (Å²) < 4.78 is 2.88. The van der Waals surface area contributed by atoms with Crippen LogP contribution < -0.4 is 0 Å². The molecule has 0 aliphatic heterocycles. The highest BCUT2D eigenvalue weighted by atomic mass is 127. The molecule has 0 amide bonds.